The third-order valence-electron chi connectivity index (χ3n) is 6.74. The van der Waals surface area contributed by atoms with Gasteiger partial charge in [0.1, 0.15) is 17.1 Å². The van der Waals surface area contributed by atoms with E-state index < -0.39 is 76.6 Å². The summed E-state index contributed by atoms with van der Waals surface area (Å²) in [4.78, 5) is 62.2. The second kappa shape index (κ2) is 5.48. The van der Waals surface area contributed by atoms with Gasteiger partial charge in [0, 0.05) is 25.7 Å². The molecule has 3 saturated heterocycles. The highest BCUT2D eigenvalue weighted by molar-refractivity contribution is 5.95. The van der Waals surface area contributed by atoms with Gasteiger partial charge in [-0.1, -0.05) is 20.8 Å². The Bertz CT molecular complexity index is 856. The number of carbonyl (C=O) groups excluding carboxylic acids is 5. The van der Waals surface area contributed by atoms with Crippen molar-refractivity contribution in [3.8, 4) is 0 Å². The molecule has 0 amide bonds. The van der Waals surface area contributed by atoms with E-state index in [9.17, 15) is 24.0 Å². The van der Waals surface area contributed by atoms with Crippen LogP contribution in [0.4, 0.5) is 0 Å². The van der Waals surface area contributed by atoms with Gasteiger partial charge in [0.25, 0.3) is 6.29 Å². The molecular formula is C19H22O10. The van der Waals surface area contributed by atoms with Gasteiger partial charge in [-0.25, -0.2) is 4.79 Å². The molecule has 1 saturated carbocycles. The SMILES string of the molecule is CC(=O)O[C@@H]1C(=O)OC2OC(=O)C34CC(=O)OC3C[C@@](OC(C)=O)(C(C)(C)C)C214. The topological polar surface area (TPSA) is 132 Å². The van der Waals surface area contributed by atoms with Crippen molar-refractivity contribution in [2.45, 2.75) is 71.6 Å². The van der Waals surface area contributed by atoms with Crippen LogP contribution in [0.15, 0.2) is 0 Å². The molecule has 158 valence electrons. The molecule has 4 rings (SSSR count). The molecule has 4 unspecified atom stereocenters. The maximum absolute atomic E-state index is 13.1. The Morgan fingerprint density at radius 2 is 1.69 bits per heavy atom. The molecule has 3 aliphatic heterocycles. The monoisotopic (exact) mass is 410 g/mol. The van der Waals surface area contributed by atoms with E-state index in [4.69, 9.17) is 23.7 Å². The Balaban J connectivity index is 2.08. The molecule has 10 nitrogen and oxygen atoms in total. The van der Waals surface area contributed by atoms with Gasteiger partial charge in [-0.05, 0) is 0 Å². The molecule has 0 radical (unpaired) electrons. The molecule has 0 aromatic heterocycles. The molecule has 0 N–H and O–H groups in total. The van der Waals surface area contributed by atoms with Crippen LogP contribution in [0.1, 0.15) is 47.5 Å². The van der Waals surface area contributed by atoms with E-state index in [1.165, 1.54) is 6.92 Å². The molecule has 0 aromatic carbocycles. The van der Waals surface area contributed by atoms with Crippen molar-refractivity contribution in [2.75, 3.05) is 0 Å². The smallest absolute Gasteiger partial charge is 0.351 e. The molecule has 0 bridgehead atoms. The van der Waals surface area contributed by atoms with Crippen LogP contribution >= 0.6 is 0 Å². The van der Waals surface area contributed by atoms with E-state index in [1.807, 2.05) is 0 Å². The summed E-state index contributed by atoms with van der Waals surface area (Å²) >= 11 is 0. The number of hydrogen-bond acceptors (Lipinski definition) is 10. The Morgan fingerprint density at radius 1 is 1.03 bits per heavy atom. The maximum Gasteiger partial charge on any atom is 0.351 e. The van der Waals surface area contributed by atoms with Crippen LogP contribution in [0.25, 0.3) is 0 Å². The lowest BCUT2D eigenvalue weighted by Crippen LogP contribution is -2.67. The van der Waals surface area contributed by atoms with Crippen molar-refractivity contribution in [1.82, 2.24) is 0 Å². The molecule has 2 spiro atoms. The second-order valence-corrected chi connectivity index (χ2v) is 9.03. The highest BCUT2D eigenvalue weighted by Crippen LogP contribution is 2.77. The lowest BCUT2D eigenvalue weighted by Gasteiger charge is -2.52. The Morgan fingerprint density at radius 3 is 2.24 bits per heavy atom. The number of ether oxygens (including phenoxy) is 5. The summed E-state index contributed by atoms with van der Waals surface area (Å²) in [5, 5.41) is 0. The highest BCUT2D eigenvalue weighted by Gasteiger charge is 2.95. The van der Waals surface area contributed by atoms with Crippen molar-refractivity contribution < 1.29 is 47.7 Å². The zero-order valence-corrected chi connectivity index (χ0v) is 16.7. The Hall–Kier alpha value is -2.65. The molecular weight excluding hydrogens is 388 g/mol. The van der Waals surface area contributed by atoms with Crippen LogP contribution in [0, 0.1) is 16.2 Å². The molecule has 3 heterocycles. The molecule has 4 aliphatic rings. The van der Waals surface area contributed by atoms with E-state index in [1.54, 1.807) is 20.8 Å². The van der Waals surface area contributed by atoms with Gasteiger partial charge < -0.3 is 23.7 Å². The number of carbonyl (C=O) groups is 5. The third kappa shape index (κ3) is 1.99. The molecule has 10 heteroatoms. The van der Waals surface area contributed by atoms with Crippen molar-refractivity contribution in [3.63, 3.8) is 0 Å². The van der Waals surface area contributed by atoms with Gasteiger partial charge in [-0.3, -0.25) is 19.2 Å². The van der Waals surface area contributed by atoms with Crippen LogP contribution in [-0.4, -0.2) is 53.9 Å². The maximum atomic E-state index is 13.1. The van der Waals surface area contributed by atoms with E-state index in [2.05, 4.69) is 0 Å². The van der Waals surface area contributed by atoms with Crippen LogP contribution in [0.3, 0.4) is 0 Å². The van der Waals surface area contributed by atoms with Crippen LogP contribution in [0.5, 0.6) is 0 Å². The minimum absolute atomic E-state index is 0.0676. The predicted octanol–water partition coefficient (Wildman–Crippen LogP) is 0.398. The molecule has 0 aromatic rings. The Labute approximate surface area is 166 Å². The normalized spacial score (nSPS) is 42.4. The summed E-state index contributed by atoms with van der Waals surface area (Å²) in [6.07, 6.45) is -4.61. The quantitative estimate of drug-likeness (QED) is 0.465. The number of esters is 5. The van der Waals surface area contributed by atoms with Crippen molar-refractivity contribution in [2.24, 2.45) is 16.2 Å². The number of rotatable bonds is 2. The van der Waals surface area contributed by atoms with Gasteiger partial charge in [0.2, 0.25) is 6.10 Å². The lowest BCUT2D eigenvalue weighted by molar-refractivity contribution is -0.243. The van der Waals surface area contributed by atoms with Crippen LogP contribution < -0.4 is 0 Å². The summed E-state index contributed by atoms with van der Waals surface area (Å²) in [7, 11) is 0. The van der Waals surface area contributed by atoms with Gasteiger partial charge in [-0.2, -0.15) is 0 Å². The minimum Gasteiger partial charge on any atom is -0.461 e. The summed E-state index contributed by atoms with van der Waals surface area (Å²) in [6, 6.07) is 0. The lowest BCUT2D eigenvalue weighted by atomic mass is 9.52. The van der Waals surface area contributed by atoms with Crippen LogP contribution in [-0.2, 0) is 47.7 Å². The largest absolute Gasteiger partial charge is 0.461 e. The number of hydrogen-bond donors (Lipinski definition) is 0. The molecule has 1 aliphatic carbocycles. The second-order valence-electron chi connectivity index (χ2n) is 9.03. The fraction of sp³-hybridized carbons (Fsp3) is 0.737. The summed E-state index contributed by atoms with van der Waals surface area (Å²) < 4.78 is 27.4. The van der Waals surface area contributed by atoms with E-state index in [-0.39, 0.29) is 6.42 Å². The average Bonchev–Trinajstić information content (AvgIpc) is 3.15. The van der Waals surface area contributed by atoms with E-state index in [0.717, 1.165) is 6.92 Å². The Kier molecular flexibility index (Phi) is 3.72. The first kappa shape index (κ1) is 19.7. The summed E-state index contributed by atoms with van der Waals surface area (Å²) in [5.74, 6) is -3.86. The van der Waals surface area contributed by atoms with Gasteiger partial charge in [-0.15, -0.1) is 0 Å². The van der Waals surface area contributed by atoms with E-state index >= 15 is 0 Å². The standard InChI is InChI=1S/C19H22O10/c1-8(20)25-12-13(23)27-15-19(12)17(14(24)28-15)7-11(22)26-10(17)6-18(19,16(3,4)5)29-9(2)21/h10,12,15H,6-7H2,1-5H3/t10?,12-,15?,17?,18-,19?/m1/s1. The zero-order valence-electron chi connectivity index (χ0n) is 16.7. The fourth-order valence-electron chi connectivity index (χ4n) is 5.93. The highest BCUT2D eigenvalue weighted by atomic mass is 16.7. The third-order valence-corrected chi connectivity index (χ3v) is 6.74. The summed E-state index contributed by atoms with van der Waals surface area (Å²) in [5.41, 5.74) is -5.92. The first-order chi connectivity index (χ1) is 13.3. The minimum atomic E-state index is -1.78. The van der Waals surface area contributed by atoms with Crippen molar-refractivity contribution in [3.05, 3.63) is 0 Å². The van der Waals surface area contributed by atoms with Gasteiger partial charge >= 0.3 is 29.8 Å². The van der Waals surface area contributed by atoms with Crippen molar-refractivity contribution in [1.29, 1.82) is 0 Å². The molecule has 4 fully saturated rings. The molecule has 29 heavy (non-hydrogen) atoms. The average molecular weight is 410 g/mol. The molecule has 6 atom stereocenters. The summed E-state index contributed by atoms with van der Waals surface area (Å²) in [6.45, 7) is 7.58. The first-order valence-electron chi connectivity index (χ1n) is 9.31. The van der Waals surface area contributed by atoms with Crippen molar-refractivity contribution >= 4 is 29.8 Å². The predicted molar refractivity (Wildman–Crippen MR) is 89.5 cm³/mol. The first-order valence-corrected chi connectivity index (χ1v) is 9.31. The van der Waals surface area contributed by atoms with Crippen LogP contribution in [0.2, 0.25) is 0 Å². The van der Waals surface area contributed by atoms with E-state index in [0.29, 0.717) is 0 Å². The van der Waals surface area contributed by atoms with Gasteiger partial charge in [0.05, 0.1) is 6.42 Å². The van der Waals surface area contributed by atoms with Gasteiger partial charge in [0.15, 0.2) is 5.41 Å². The fourth-order valence-corrected chi connectivity index (χ4v) is 5.93. The zero-order chi connectivity index (χ0) is 21.6.